The third kappa shape index (κ3) is 4.41. The minimum absolute atomic E-state index is 0. The summed E-state index contributed by atoms with van der Waals surface area (Å²) in [5.41, 5.74) is 0.704. The summed E-state index contributed by atoms with van der Waals surface area (Å²) < 4.78 is 0. The third-order valence-corrected chi connectivity index (χ3v) is 0.712. The quantitative estimate of drug-likeness (QED) is 0.460. The van der Waals surface area contributed by atoms with Gasteiger partial charge in [0.25, 0.3) is 0 Å². The molecule has 0 amide bonds. The molecule has 2 heteroatoms. The van der Waals surface area contributed by atoms with Crippen LogP contribution in [0.2, 0.25) is 0 Å². The van der Waals surface area contributed by atoms with Crippen LogP contribution in [-0.2, 0) is 32.7 Å². The Morgan fingerprint density at radius 3 is 2.12 bits per heavy atom. The second-order valence-electron chi connectivity index (χ2n) is 1.28. The summed E-state index contributed by atoms with van der Waals surface area (Å²) in [6.07, 6.45) is 2.59. The van der Waals surface area contributed by atoms with Crippen molar-refractivity contribution in [2.75, 3.05) is 7.05 Å². The Labute approximate surface area is 76.3 Å². The normalized spacial score (nSPS) is 6.62. The Kier molecular flexibility index (Phi) is 7.48. The molecule has 0 aliphatic rings. The van der Waals surface area contributed by atoms with Crippen molar-refractivity contribution >= 4 is 0 Å². The third-order valence-electron chi connectivity index (χ3n) is 0.712. The molecule has 1 nitrogen and oxygen atoms in total. The molecule has 0 aromatic carbocycles. The summed E-state index contributed by atoms with van der Waals surface area (Å²) in [7, 11) is 1.79. The van der Waals surface area contributed by atoms with Gasteiger partial charge in [0.15, 0.2) is 0 Å². The molecular weight excluding hydrogens is 175 g/mol. The number of hydrogen-bond donors (Lipinski definition) is 0. The van der Waals surface area contributed by atoms with Gasteiger partial charge in [0.05, 0.1) is 0 Å². The average Bonchev–Trinajstić information content (AvgIpc) is 1.65. The molecular formula is C6H9NY-2. The van der Waals surface area contributed by atoms with Crippen LogP contribution >= 0.6 is 0 Å². The van der Waals surface area contributed by atoms with Gasteiger partial charge in [0, 0.05) is 32.7 Å². The summed E-state index contributed by atoms with van der Waals surface area (Å²) in [5.74, 6) is 0. The monoisotopic (exact) mass is 184 g/mol. The molecule has 1 radical (unpaired) electrons. The van der Waals surface area contributed by atoms with Crippen molar-refractivity contribution in [3.05, 3.63) is 32.0 Å². The van der Waals surface area contributed by atoms with Crippen LogP contribution in [0.15, 0.2) is 18.9 Å². The van der Waals surface area contributed by atoms with Crippen LogP contribution in [0.25, 0.3) is 0 Å². The molecule has 8 heavy (non-hydrogen) atoms. The molecule has 0 N–H and O–H groups in total. The van der Waals surface area contributed by atoms with Gasteiger partial charge >= 0.3 is 0 Å². The van der Waals surface area contributed by atoms with Gasteiger partial charge in [0.2, 0.25) is 0 Å². The summed E-state index contributed by atoms with van der Waals surface area (Å²) in [4.78, 5) is 1.62. The predicted molar refractivity (Wildman–Crippen MR) is 31.1 cm³/mol. The van der Waals surface area contributed by atoms with E-state index in [1.165, 1.54) is 0 Å². The molecule has 0 bridgehead atoms. The van der Waals surface area contributed by atoms with Crippen molar-refractivity contribution in [2.24, 2.45) is 0 Å². The van der Waals surface area contributed by atoms with Gasteiger partial charge in [-0.2, -0.15) is 12.8 Å². The van der Waals surface area contributed by atoms with E-state index in [9.17, 15) is 0 Å². The molecule has 0 heterocycles. The van der Waals surface area contributed by atoms with E-state index in [4.69, 9.17) is 0 Å². The van der Waals surface area contributed by atoms with Gasteiger partial charge in [-0.05, 0) is 7.05 Å². The van der Waals surface area contributed by atoms with E-state index in [1.807, 2.05) is 0 Å². The zero-order valence-electron chi connectivity index (χ0n) is 5.15. The summed E-state index contributed by atoms with van der Waals surface area (Å²) in [6.45, 7) is 10.5. The van der Waals surface area contributed by atoms with Crippen molar-refractivity contribution in [2.45, 2.75) is 0 Å². The summed E-state index contributed by atoms with van der Waals surface area (Å²) in [5, 5.41) is 0. The Bertz CT molecular complexity index is 88.5. The molecule has 0 rings (SSSR count). The number of allylic oxidation sites excluding steroid dienone is 1. The molecule has 0 aliphatic carbocycles. The first-order valence-electron chi connectivity index (χ1n) is 1.96. The van der Waals surface area contributed by atoms with Crippen LogP contribution in [0.3, 0.4) is 0 Å². The topological polar surface area (TPSA) is 3.24 Å². The molecule has 0 aromatic heterocycles. The molecule has 43 valence electrons. The number of nitrogens with zero attached hydrogens (tertiary/aromatic N) is 1. The minimum atomic E-state index is 0. The second-order valence-corrected chi connectivity index (χ2v) is 1.28. The van der Waals surface area contributed by atoms with Crippen LogP contribution in [0, 0.1) is 13.1 Å². The number of rotatable bonds is 2. The maximum Gasteiger partial charge on any atom is 0 e. The van der Waals surface area contributed by atoms with Crippen LogP contribution in [-0.4, -0.2) is 11.9 Å². The largest absolute Gasteiger partial charge is 0.546 e. The standard InChI is InChI=1S/C6H9N.Y/c1-5-7(4)6(2)3;/h1-3H2,4H3;/q-2;. The van der Waals surface area contributed by atoms with Gasteiger partial charge in [-0.25, -0.2) is 0 Å². The Morgan fingerprint density at radius 1 is 1.75 bits per heavy atom. The second kappa shape index (κ2) is 5.39. The van der Waals surface area contributed by atoms with E-state index in [-0.39, 0.29) is 32.7 Å². The fourth-order valence-corrected chi connectivity index (χ4v) is 0.112. The van der Waals surface area contributed by atoms with E-state index < -0.39 is 0 Å². The van der Waals surface area contributed by atoms with Crippen molar-refractivity contribution < 1.29 is 32.7 Å². The fraction of sp³-hybridized carbons (Fsp3) is 0.167. The minimum Gasteiger partial charge on any atom is -0.546 e. The molecule has 0 aliphatic heterocycles. The Hall–Kier alpha value is 0.254. The van der Waals surface area contributed by atoms with Gasteiger partial charge in [0.1, 0.15) is 0 Å². The SMILES string of the molecule is C=[C-]N(C)C(=C)[CH2-].[Y]. The van der Waals surface area contributed by atoms with E-state index >= 15 is 0 Å². The summed E-state index contributed by atoms with van der Waals surface area (Å²) in [6, 6.07) is 0. The zero-order valence-corrected chi connectivity index (χ0v) is 7.98. The van der Waals surface area contributed by atoms with Crippen molar-refractivity contribution in [1.29, 1.82) is 0 Å². The maximum atomic E-state index is 3.54. The number of hydrogen-bond acceptors (Lipinski definition) is 1. The average molecular weight is 184 g/mol. The first kappa shape index (κ1) is 11.1. The van der Waals surface area contributed by atoms with Crippen LogP contribution < -0.4 is 0 Å². The summed E-state index contributed by atoms with van der Waals surface area (Å²) >= 11 is 0. The Morgan fingerprint density at radius 2 is 2.12 bits per heavy atom. The molecule has 0 aromatic rings. The van der Waals surface area contributed by atoms with Crippen LogP contribution in [0.4, 0.5) is 0 Å². The molecule has 0 unspecified atom stereocenters. The molecule has 0 saturated carbocycles. The first-order chi connectivity index (χ1) is 3.18. The van der Waals surface area contributed by atoms with Gasteiger partial charge in [-0.1, -0.05) is 0 Å². The van der Waals surface area contributed by atoms with Gasteiger partial charge < -0.3 is 18.4 Å². The molecule has 0 fully saturated rings. The van der Waals surface area contributed by atoms with Crippen molar-refractivity contribution in [1.82, 2.24) is 4.90 Å². The van der Waals surface area contributed by atoms with E-state index in [0.29, 0.717) is 5.70 Å². The van der Waals surface area contributed by atoms with E-state index in [1.54, 1.807) is 11.9 Å². The molecule has 0 saturated heterocycles. The van der Waals surface area contributed by atoms with Crippen LogP contribution in [0.5, 0.6) is 0 Å². The van der Waals surface area contributed by atoms with E-state index in [2.05, 4.69) is 26.3 Å². The smallest absolute Gasteiger partial charge is 0 e. The van der Waals surface area contributed by atoms with Gasteiger partial charge in [-0.15, -0.1) is 0 Å². The molecule has 0 atom stereocenters. The Balaban J connectivity index is 0. The van der Waals surface area contributed by atoms with Crippen LogP contribution in [0.1, 0.15) is 0 Å². The fourth-order valence-electron chi connectivity index (χ4n) is 0.112. The predicted octanol–water partition coefficient (Wildman–Crippen LogP) is 1.21. The van der Waals surface area contributed by atoms with Crippen molar-refractivity contribution in [3.63, 3.8) is 0 Å². The van der Waals surface area contributed by atoms with E-state index in [0.717, 1.165) is 0 Å². The van der Waals surface area contributed by atoms with Crippen molar-refractivity contribution in [3.8, 4) is 0 Å². The zero-order chi connectivity index (χ0) is 5.86. The molecule has 0 spiro atoms. The van der Waals surface area contributed by atoms with Gasteiger partial charge in [-0.3, -0.25) is 5.70 Å². The maximum absolute atomic E-state index is 3.54. The first-order valence-corrected chi connectivity index (χ1v) is 1.96.